The Kier molecular flexibility index (Phi) is 23.7. The molecule has 0 spiro atoms. The molecule has 1 aliphatic rings. The third-order valence-corrected chi connectivity index (χ3v) is 13.7. The van der Waals surface area contributed by atoms with Gasteiger partial charge in [-0.2, -0.15) is 9.99 Å². The first-order valence-corrected chi connectivity index (χ1v) is 25.6. The second-order valence-electron chi connectivity index (χ2n) is 20.6. The van der Waals surface area contributed by atoms with Gasteiger partial charge in [-0.3, -0.25) is 33.6 Å². The van der Waals surface area contributed by atoms with Crippen molar-refractivity contribution in [3.8, 4) is 6.07 Å². The SMILES string of the molecule is CCCC[C@@H](C)C[C@@H]1NC(=O)[C@@H](CCC#N)NC(=O)[C@H](C)N(C)C(=O)[C@H](C[C@H](C)CCCC)NC(=O)[C@H](Cc2cn(OC)c3ccccc23)N(C)C(=O)[C@H](CC(C)C)NC(=O)[C@@H](CC(C)C)N(C)C1=O. The Bertz CT molecular complexity index is 2120. The smallest absolute Gasteiger partial charge is 0.245 e. The molecule has 0 radical (unpaired) electrons. The topological polar surface area (TPSA) is 215 Å². The van der Waals surface area contributed by atoms with E-state index in [9.17, 15) is 29.2 Å². The van der Waals surface area contributed by atoms with Crippen LogP contribution in [0.1, 0.15) is 145 Å². The van der Waals surface area contributed by atoms with E-state index in [1.165, 1.54) is 49.9 Å². The van der Waals surface area contributed by atoms with Crippen LogP contribution in [-0.2, 0) is 40.0 Å². The van der Waals surface area contributed by atoms with Crippen LogP contribution in [0.3, 0.4) is 0 Å². The lowest BCUT2D eigenvalue weighted by atomic mass is 9.94. The fourth-order valence-electron chi connectivity index (χ4n) is 9.30. The first kappa shape index (κ1) is 58.7. The van der Waals surface area contributed by atoms with Gasteiger partial charge in [-0.25, -0.2) is 0 Å². The van der Waals surface area contributed by atoms with Crippen LogP contribution >= 0.6 is 0 Å². The maximum Gasteiger partial charge on any atom is 0.245 e. The molecule has 1 aliphatic heterocycles. The van der Waals surface area contributed by atoms with E-state index in [2.05, 4.69) is 35.1 Å². The molecule has 17 nitrogen and oxygen atoms in total. The lowest BCUT2D eigenvalue weighted by Crippen LogP contribution is -2.60. The average Bonchev–Trinajstić information content (AvgIpc) is 3.68. The number of carbonyl (C=O) groups is 7. The summed E-state index contributed by atoms with van der Waals surface area (Å²) < 4.78 is 1.58. The van der Waals surface area contributed by atoms with Crippen molar-refractivity contribution in [1.82, 2.24) is 40.7 Å². The Balaban J connectivity index is 2.33. The molecule has 0 aliphatic carbocycles. The largest absolute Gasteiger partial charge is 0.417 e. The number of likely N-dealkylation sites (N-methyl/N-ethyl adjacent to an activating group) is 3. The number of carbonyl (C=O) groups excluding carboxylic acids is 7. The summed E-state index contributed by atoms with van der Waals surface area (Å²) in [6.07, 6.45) is 7.68. The van der Waals surface area contributed by atoms with Gasteiger partial charge in [0.1, 0.15) is 49.4 Å². The van der Waals surface area contributed by atoms with Crippen molar-refractivity contribution in [2.45, 2.75) is 188 Å². The molecule has 70 heavy (non-hydrogen) atoms. The molecule has 2 heterocycles. The van der Waals surface area contributed by atoms with Gasteiger partial charge >= 0.3 is 0 Å². The minimum Gasteiger partial charge on any atom is -0.417 e. The molecule has 1 aromatic heterocycles. The minimum absolute atomic E-state index is 0.00460. The van der Waals surface area contributed by atoms with Gasteiger partial charge in [-0.15, -0.1) is 0 Å². The zero-order valence-electron chi connectivity index (χ0n) is 44.4. The summed E-state index contributed by atoms with van der Waals surface area (Å²) in [6, 6.07) is 1.53. The Labute approximate surface area is 417 Å². The number of benzene rings is 1. The average molecular weight is 976 g/mol. The van der Waals surface area contributed by atoms with E-state index in [0.717, 1.165) is 49.4 Å². The number of unbranched alkanes of at least 4 members (excludes halogenated alkanes) is 2. The number of rotatable bonds is 19. The number of hydrogen-bond donors (Lipinski definition) is 4. The van der Waals surface area contributed by atoms with E-state index in [4.69, 9.17) is 4.84 Å². The molecule has 390 valence electrons. The van der Waals surface area contributed by atoms with Crippen LogP contribution < -0.4 is 26.1 Å². The molecular weight excluding hydrogens is 891 g/mol. The minimum atomic E-state index is -1.25. The van der Waals surface area contributed by atoms with Crippen LogP contribution in [-0.4, -0.2) is 131 Å². The van der Waals surface area contributed by atoms with Gasteiger partial charge in [0.2, 0.25) is 41.4 Å². The van der Waals surface area contributed by atoms with Gasteiger partial charge in [0.15, 0.2) is 0 Å². The van der Waals surface area contributed by atoms with Crippen molar-refractivity contribution in [2.75, 3.05) is 28.3 Å². The predicted molar refractivity (Wildman–Crippen MR) is 272 cm³/mol. The molecule has 0 saturated carbocycles. The number of para-hydroxylation sites is 1. The van der Waals surface area contributed by atoms with Gasteiger partial charge in [-0.1, -0.05) is 112 Å². The van der Waals surface area contributed by atoms with E-state index >= 15 is 9.59 Å². The molecule has 3 rings (SSSR count). The van der Waals surface area contributed by atoms with Crippen molar-refractivity contribution in [3.63, 3.8) is 0 Å². The maximum atomic E-state index is 15.1. The summed E-state index contributed by atoms with van der Waals surface area (Å²) >= 11 is 0. The standard InChI is InChI=1S/C53H85N9O8/c1-14-16-21-35(7)29-42-51(67)59(10)37(9)47(63)55-40(24-20-26-54)48(64)56-43(30-36(8)22-17-15-2)53(69)60(11)45(28-34(5)6)49(65)57-41(27-33(3)4)52(68)61(12)46(50(66)58-42)31-38-32-62(70-13)44-25-19-18-23-39(38)44/h18-19,23,25,32-37,40-43,45-46H,14-17,20-22,24,27-31H2,1-13H3,(H,55,63)(H,56,64)(H,57,65)(H,58,66)/t35-,36-,37+,40-,41+,42+,43+,45-,46+/m1/s1. The number of nitrogens with zero attached hydrogens (tertiary/aromatic N) is 5. The van der Waals surface area contributed by atoms with E-state index in [-0.39, 0.29) is 68.6 Å². The third kappa shape index (κ3) is 16.5. The second kappa shape index (κ2) is 28.3. The molecule has 2 aromatic rings. The van der Waals surface area contributed by atoms with Gasteiger partial charge in [0.25, 0.3) is 0 Å². The summed E-state index contributed by atoms with van der Waals surface area (Å²) in [7, 11) is 6.03. The van der Waals surface area contributed by atoms with Crippen molar-refractivity contribution >= 4 is 52.3 Å². The third-order valence-electron chi connectivity index (χ3n) is 13.7. The van der Waals surface area contributed by atoms with Crippen LogP contribution in [0.25, 0.3) is 10.9 Å². The van der Waals surface area contributed by atoms with Gasteiger partial charge < -0.3 is 40.8 Å². The van der Waals surface area contributed by atoms with Crippen molar-refractivity contribution < 1.29 is 38.4 Å². The van der Waals surface area contributed by atoms with E-state index in [1.807, 2.05) is 71.9 Å². The Morgan fingerprint density at radius 3 is 1.61 bits per heavy atom. The highest BCUT2D eigenvalue weighted by molar-refractivity contribution is 5.99. The molecular formula is C53H85N9O8. The highest BCUT2D eigenvalue weighted by atomic mass is 16.6. The lowest BCUT2D eigenvalue weighted by molar-refractivity contribution is -0.146. The number of amides is 7. The number of nitrogens with one attached hydrogen (secondary N) is 4. The van der Waals surface area contributed by atoms with Crippen molar-refractivity contribution in [2.24, 2.45) is 23.7 Å². The molecule has 1 fully saturated rings. The first-order valence-electron chi connectivity index (χ1n) is 25.6. The van der Waals surface area contributed by atoms with Crippen molar-refractivity contribution in [3.05, 3.63) is 36.0 Å². The van der Waals surface area contributed by atoms with Gasteiger partial charge in [-0.05, 0) is 74.3 Å². The highest BCUT2D eigenvalue weighted by Gasteiger charge is 2.40. The van der Waals surface area contributed by atoms with E-state index in [1.54, 1.807) is 10.9 Å². The number of nitriles is 1. The summed E-state index contributed by atoms with van der Waals surface area (Å²) in [4.78, 5) is 113. The maximum absolute atomic E-state index is 15.1. The molecule has 7 amide bonds. The van der Waals surface area contributed by atoms with Crippen LogP contribution in [0.15, 0.2) is 30.5 Å². The van der Waals surface area contributed by atoms with Crippen LogP contribution in [0, 0.1) is 35.0 Å². The van der Waals surface area contributed by atoms with Gasteiger partial charge in [0, 0.05) is 45.6 Å². The predicted octanol–water partition coefficient (Wildman–Crippen LogP) is 5.52. The fourth-order valence-corrected chi connectivity index (χ4v) is 9.30. The molecule has 1 saturated heterocycles. The molecule has 9 atom stereocenters. The zero-order valence-corrected chi connectivity index (χ0v) is 44.4. The molecule has 4 N–H and O–H groups in total. The lowest BCUT2D eigenvalue weighted by Gasteiger charge is -2.35. The molecule has 1 aromatic carbocycles. The first-order chi connectivity index (χ1) is 33.1. The molecule has 0 bridgehead atoms. The summed E-state index contributed by atoms with van der Waals surface area (Å²) in [5.41, 5.74) is 1.44. The van der Waals surface area contributed by atoms with Crippen LogP contribution in [0.5, 0.6) is 0 Å². The van der Waals surface area contributed by atoms with Crippen LogP contribution in [0.4, 0.5) is 0 Å². The zero-order chi connectivity index (χ0) is 52.4. The van der Waals surface area contributed by atoms with Crippen molar-refractivity contribution in [1.29, 1.82) is 5.26 Å². The van der Waals surface area contributed by atoms with E-state index < -0.39 is 83.6 Å². The van der Waals surface area contributed by atoms with E-state index in [0.29, 0.717) is 5.56 Å². The highest BCUT2D eigenvalue weighted by Crippen LogP contribution is 2.25. The number of fused-ring (bicyclic) bond motifs is 1. The number of hydrogen-bond acceptors (Lipinski definition) is 9. The van der Waals surface area contributed by atoms with Crippen LogP contribution in [0.2, 0.25) is 0 Å². The second-order valence-corrected chi connectivity index (χ2v) is 20.6. The molecule has 0 unspecified atom stereocenters. The fraction of sp³-hybridized carbons (Fsp3) is 0.698. The molecule has 17 heteroatoms. The Morgan fingerprint density at radius 2 is 1.10 bits per heavy atom. The quantitative estimate of drug-likeness (QED) is 0.139. The summed E-state index contributed by atoms with van der Waals surface area (Å²) in [5, 5.41) is 22.1. The summed E-state index contributed by atoms with van der Waals surface area (Å²) in [5.74, 6) is -4.38. The normalized spacial score (nSPS) is 23.9. The Morgan fingerprint density at radius 1 is 0.629 bits per heavy atom. The number of aromatic nitrogens is 1. The van der Waals surface area contributed by atoms with Gasteiger partial charge in [0.05, 0.1) is 11.6 Å². The summed E-state index contributed by atoms with van der Waals surface area (Å²) in [6.45, 7) is 17.4. The monoisotopic (exact) mass is 976 g/mol. The Hall–Kier alpha value is -5.66.